The van der Waals surface area contributed by atoms with Crippen molar-refractivity contribution in [2.75, 3.05) is 86.2 Å². The van der Waals surface area contributed by atoms with Crippen molar-refractivity contribution in [3.8, 4) is 0 Å². The predicted octanol–water partition coefficient (Wildman–Crippen LogP) is -0.976. The smallest absolute Gasteiger partial charge is 0.236 e. The zero-order valence-corrected chi connectivity index (χ0v) is 12.9. The van der Waals surface area contributed by atoms with Gasteiger partial charge in [-0.3, -0.25) is 14.6 Å². The summed E-state index contributed by atoms with van der Waals surface area (Å²) in [7, 11) is 3.85. The minimum absolute atomic E-state index is 0.295. The van der Waals surface area contributed by atoms with E-state index in [1.165, 1.54) is 0 Å². The maximum atomic E-state index is 12.3. The van der Waals surface area contributed by atoms with Gasteiger partial charge in [-0.25, -0.2) is 0 Å². The molecular formula is C14H28N4O2. The first-order valence-electron chi connectivity index (χ1n) is 7.59. The van der Waals surface area contributed by atoms with Gasteiger partial charge < -0.3 is 14.5 Å². The molecule has 6 nitrogen and oxygen atoms in total. The van der Waals surface area contributed by atoms with Crippen molar-refractivity contribution in [1.82, 2.24) is 19.6 Å². The molecule has 2 aliphatic rings. The highest BCUT2D eigenvalue weighted by Gasteiger charge is 2.23. The monoisotopic (exact) mass is 284 g/mol. The topological polar surface area (TPSA) is 39.3 Å². The Balaban J connectivity index is 1.66. The molecule has 0 saturated carbocycles. The Morgan fingerprint density at radius 2 is 1.55 bits per heavy atom. The number of amides is 1. The number of methoxy groups -OCH3 is 1. The SMILES string of the molecule is COCCN1CCN(CC(=O)N2CCN(C)CC2)CC1. The third-order valence-corrected chi connectivity index (χ3v) is 4.29. The van der Waals surface area contributed by atoms with Crippen LogP contribution in [-0.4, -0.2) is 112 Å². The molecule has 0 N–H and O–H groups in total. The summed E-state index contributed by atoms with van der Waals surface area (Å²) in [6.45, 7) is 10.2. The number of likely N-dealkylation sites (N-methyl/N-ethyl adjacent to an activating group) is 1. The molecule has 1 amide bonds. The summed E-state index contributed by atoms with van der Waals surface area (Å²) in [5.41, 5.74) is 0. The fourth-order valence-corrected chi connectivity index (χ4v) is 2.74. The maximum absolute atomic E-state index is 12.3. The highest BCUT2D eigenvalue weighted by Crippen LogP contribution is 2.04. The average molecular weight is 284 g/mol. The van der Waals surface area contributed by atoms with Crippen LogP contribution in [0.1, 0.15) is 0 Å². The molecule has 0 atom stereocenters. The summed E-state index contributed by atoms with van der Waals surface area (Å²) in [6, 6.07) is 0. The second kappa shape index (κ2) is 7.93. The molecule has 0 spiro atoms. The van der Waals surface area contributed by atoms with E-state index in [9.17, 15) is 4.79 Å². The summed E-state index contributed by atoms with van der Waals surface area (Å²) in [6.07, 6.45) is 0. The second-order valence-corrected chi connectivity index (χ2v) is 5.79. The van der Waals surface area contributed by atoms with E-state index in [1.54, 1.807) is 7.11 Å². The fraction of sp³-hybridized carbons (Fsp3) is 0.929. The van der Waals surface area contributed by atoms with Crippen LogP contribution in [0.5, 0.6) is 0 Å². The number of carbonyl (C=O) groups excluding carboxylic acids is 1. The third-order valence-electron chi connectivity index (χ3n) is 4.29. The van der Waals surface area contributed by atoms with E-state index in [-0.39, 0.29) is 0 Å². The molecule has 0 bridgehead atoms. The Bertz CT molecular complexity index is 298. The van der Waals surface area contributed by atoms with E-state index in [0.717, 1.165) is 65.5 Å². The first-order valence-corrected chi connectivity index (χ1v) is 7.59. The van der Waals surface area contributed by atoms with Gasteiger partial charge in [0, 0.05) is 66.0 Å². The van der Waals surface area contributed by atoms with Crippen LogP contribution in [0.4, 0.5) is 0 Å². The summed E-state index contributed by atoms with van der Waals surface area (Å²) in [5, 5.41) is 0. The molecule has 20 heavy (non-hydrogen) atoms. The Labute approximate surface area is 122 Å². The number of ether oxygens (including phenoxy) is 1. The van der Waals surface area contributed by atoms with Gasteiger partial charge in [0.2, 0.25) is 5.91 Å². The molecule has 6 heteroatoms. The zero-order chi connectivity index (χ0) is 14.4. The van der Waals surface area contributed by atoms with Crippen molar-refractivity contribution in [2.45, 2.75) is 0 Å². The van der Waals surface area contributed by atoms with Crippen LogP contribution in [0, 0.1) is 0 Å². The van der Waals surface area contributed by atoms with E-state index < -0.39 is 0 Å². The minimum atomic E-state index is 0.295. The van der Waals surface area contributed by atoms with Crippen LogP contribution < -0.4 is 0 Å². The highest BCUT2D eigenvalue weighted by molar-refractivity contribution is 5.78. The standard InChI is InChI=1S/C14H28N4O2/c1-15-3-9-18(10-4-15)14(19)13-17-7-5-16(6-8-17)11-12-20-2/h3-13H2,1-2H3. The molecule has 2 fully saturated rings. The van der Waals surface area contributed by atoms with E-state index in [0.29, 0.717) is 12.5 Å². The molecule has 0 radical (unpaired) electrons. The van der Waals surface area contributed by atoms with Crippen LogP contribution in [0.25, 0.3) is 0 Å². The lowest BCUT2D eigenvalue weighted by atomic mass is 10.3. The normalized spacial score (nSPS) is 23.2. The van der Waals surface area contributed by atoms with Crippen LogP contribution >= 0.6 is 0 Å². The average Bonchev–Trinajstić information content (AvgIpc) is 2.47. The first kappa shape index (κ1) is 15.7. The molecule has 2 heterocycles. The van der Waals surface area contributed by atoms with Gasteiger partial charge in [0.05, 0.1) is 13.2 Å². The number of piperazine rings is 2. The number of carbonyl (C=O) groups is 1. The third kappa shape index (κ3) is 4.70. The van der Waals surface area contributed by atoms with Gasteiger partial charge in [-0.1, -0.05) is 0 Å². The van der Waals surface area contributed by atoms with Gasteiger partial charge in [0.15, 0.2) is 0 Å². The van der Waals surface area contributed by atoms with E-state index in [4.69, 9.17) is 4.74 Å². The molecular weight excluding hydrogens is 256 g/mol. The number of rotatable bonds is 5. The predicted molar refractivity (Wildman–Crippen MR) is 78.8 cm³/mol. The van der Waals surface area contributed by atoms with Crippen LogP contribution in [-0.2, 0) is 9.53 Å². The van der Waals surface area contributed by atoms with Crippen LogP contribution in [0.2, 0.25) is 0 Å². The van der Waals surface area contributed by atoms with E-state index in [2.05, 4.69) is 21.7 Å². The van der Waals surface area contributed by atoms with Gasteiger partial charge in [0.25, 0.3) is 0 Å². The van der Waals surface area contributed by atoms with Crippen molar-refractivity contribution in [3.63, 3.8) is 0 Å². The van der Waals surface area contributed by atoms with Gasteiger partial charge in [-0.05, 0) is 7.05 Å². The van der Waals surface area contributed by atoms with Gasteiger partial charge in [-0.2, -0.15) is 0 Å². The Morgan fingerprint density at radius 3 is 2.15 bits per heavy atom. The zero-order valence-electron chi connectivity index (χ0n) is 12.9. The molecule has 116 valence electrons. The lowest BCUT2D eigenvalue weighted by Crippen LogP contribution is -2.53. The molecule has 0 unspecified atom stereocenters. The van der Waals surface area contributed by atoms with Crippen LogP contribution in [0.3, 0.4) is 0 Å². The van der Waals surface area contributed by atoms with Crippen molar-refractivity contribution in [1.29, 1.82) is 0 Å². The minimum Gasteiger partial charge on any atom is -0.383 e. The number of hydrogen-bond acceptors (Lipinski definition) is 5. The summed E-state index contributed by atoms with van der Waals surface area (Å²) >= 11 is 0. The Kier molecular flexibility index (Phi) is 6.22. The largest absolute Gasteiger partial charge is 0.383 e. The fourth-order valence-electron chi connectivity index (χ4n) is 2.74. The van der Waals surface area contributed by atoms with Gasteiger partial charge in [-0.15, -0.1) is 0 Å². The maximum Gasteiger partial charge on any atom is 0.236 e. The molecule has 0 aliphatic carbocycles. The molecule has 2 aliphatic heterocycles. The molecule has 2 saturated heterocycles. The number of hydrogen-bond donors (Lipinski definition) is 0. The Hall–Kier alpha value is -0.690. The van der Waals surface area contributed by atoms with Crippen LogP contribution in [0.15, 0.2) is 0 Å². The van der Waals surface area contributed by atoms with Crippen molar-refractivity contribution >= 4 is 5.91 Å². The van der Waals surface area contributed by atoms with E-state index in [1.807, 2.05) is 4.90 Å². The van der Waals surface area contributed by atoms with Crippen molar-refractivity contribution in [2.24, 2.45) is 0 Å². The molecule has 0 aromatic rings. The molecule has 0 aromatic heterocycles. The lowest BCUT2D eigenvalue weighted by Gasteiger charge is -2.37. The first-order chi connectivity index (χ1) is 9.69. The summed E-state index contributed by atoms with van der Waals surface area (Å²) < 4.78 is 5.10. The highest BCUT2D eigenvalue weighted by atomic mass is 16.5. The van der Waals surface area contributed by atoms with Crippen molar-refractivity contribution < 1.29 is 9.53 Å². The molecule has 2 rings (SSSR count). The summed E-state index contributed by atoms with van der Waals surface area (Å²) in [4.78, 5) is 21.2. The lowest BCUT2D eigenvalue weighted by molar-refractivity contribution is -0.134. The van der Waals surface area contributed by atoms with E-state index >= 15 is 0 Å². The molecule has 0 aromatic carbocycles. The van der Waals surface area contributed by atoms with Crippen molar-refractivity contribution in [3.05, 3.63) is 0 Å². The summed E-state index contributed by atoms with van der Waals surface area (Å²) in [5.74, 6) is 0.295. The van der Waals surface area contributed by atoms with Gasteiger partial charge >= 0.3 is 0 Å². The Morgan fingerprint density at radius 1 is 0.950 bits per heavy atom. The second-order valence-electron chi connectivity index (χ2n) is 5.79. The quantitative estimate of drug-likeness (QED) is 0.649. The van der Waals surface area contributed by atoms with Gasteiger partial charge in [0.1, 0.15) is 0 Å². The number of nitrogens with zero attached hydrogens (tertiary/aromatic N) is 4.